The number of rotatable bonds is 7. The SMILES string of the molecule is COc1cc2nccc(Oc3cccc(NC(=O)c4cn(-c5ccc(Br)cc5F)c5ccccc5c4=O)c3)c2cc1OC. The number of nitrogens with one attached hydrogen (secondary N) is 1. The van der Waals surface area contributed by atoms with Gasteiger partial charge in [-0.15, -0.1) is 0 Å². The summed E-state index contributed by atoms with van der Waals surface area (Å²) in [5.74, 6) is 0.860. The average molecular weight is 640 g/mol. The van der Waals surface area contributed by atoms with Crippen molar-refractivity contribution < 1.29 is 23.4 Å². The average Bonchev–Trinajstić information content (AvgIpc) is 3.01. The minimum absolute atomic E-state index is 0.145. The Kier molecular flexibility index (Phi) is 7.52. The number of carbonyl (C=O) groups is 1. The predicted molar refractivity (Wildman–Crippen MR) is 167 cm³/mol. The topological polar surface area (TPSA) is 91.7 Å². The molecule has 0 radical (unpaired) electrons. The summed E-state index contributed by atoms with van der Waals surface area (Å²) in [5, 5.41) is 3.76. The van der Waals surface area contributed by atoms with Crippen LogP contribution in [0.2, 0.25) is 0 Å². The number of fused-ring (bicyclic) bond motifs is 2. The molecule has 0 bridgehead atoms. The highest BCUT2D eigenvalue weighted by molar-refractivity contribution is 9.10. The number of ether oxygens (including phenoxy) is 3. The van der Waals surface area contributed by atoms with E-state index in [1.165, 1.54) is 16.8 Å². The maximum Gasteiger partial charge on any atom is 0.261 e. The number of hydrogen-bond donors (Lipinski definition) is 1. The van der Waals surface area contributed by atoms with Crippen molar-refractivity contribution in [1.29, 1.82) is 0 Å². The Balaban J connectivity index is 1.34. The third kappa shape index (κ3) is 5.40. The number of aromatic nitrogens is 2. The fraction of sp³-hybridized carbons (Fsp3) is 0.0606. The molecule has 0 unspecified atom stereocenters. The van der Waals surface area contributed by atoms with Crippen molar-refractivity contribution in [3.63, 3.8) is 0 Å². The van der Waals surface area contributed by atoms with Crippen molar-refractivity contribution in [2.75, 3.05) is 19.5 Å². The third-order valence-corrected chi connectivity index (χ3v) is 7.34. The van der Waals surface area contributed by atoms with Crippen molar-refractivity contribution in [2.45, 2.75) is 0 Å². The van der Waals surface area contributed by atoms with Gasteiger partial charge in [-0.1, -0.05) is 34.1 Å². The molecule has 2 aromatic heterocycles. The number of para-hydroxylation sites is 1. The number of nitrogens with zero attached hydrogens (tertiary/aromatic N) is 2. The molecule has 214 valence electrons. The van der Waals surface area contributed by atoms with Gasteiger partial charge in [-0.3, -0.25) is 14.6 Å². The molecule has 1 N–H and O–H groups in total. The van der Waals surface area contributed by atoms with E-state index in [0.29, 0.717) is 49.6 Å². The van der Waals surface area contributed by atoms with E-state index in [0.717, 1.165) is 0 Å². The molecule has 0 aliphatic carbocycles. The summed E-state index contributed by atoms with van der Waals surface area (Å²) in [5.41, 5.74) is 1.10. The maximum atomic E-state index is 15.0. The third-order valence-electron chi connectivity index (χ3n) is 6.85. The summed E-state index contributed by atoms with van der Waals surface area (Å²) in [7, 11) is 3.10. The number of halogens is 2. The standard InChI is InChI=1S/C33H23BrFN3O5/c1-41-30-16-23-26(17-31(30)42-2)36-13-12-29(23)43-21-7-5-6-20(15-21)37-33(40)24-18-38(28-11-10-19(34)14-25(28)35)27-9-4-3-8-22(27)32(24)39/h3-18H,1-2H3,(H,37,40). The molecular formula is C33H23BrFN3O5. The number of hydrogen-bond acceptors (Lipinski definition) is 6. The highest BCUT2D eigenvalue weighted by Crippen LogP contribution is 2.37. The Bertz CT molecular complexity index is 2100. The highest BCUT2D eigenvalue weighted by atomic mass is 79.9. The molecule has 2 heterocycles. The van der Waals surface area contributed by atoms with Gasteiger partial charge in [0.05, 0.1) is 30.9 Å². The Labute approximate surface area is 253 Å². The van der Waals surface area contributed by atoms with Crippen LogP contribution in [-0.4, -0.2) is 29.7 Å². The molecule has 0 saturated carbocycles. The zero-order valence-corrected chi connectivity index (χ0v) is 24.5. The molecule has 6 rings (SSSR count). The first-order valence-electron chi connectivity index (χ1n) is 13.1. The lowest BCUT2D eigenvalue weighted by atomic mass is 10.1. The Morgan fingerprint density at radius 3 is 2.47 bits per heavy atom. The van der Waals surface area contributed by atoms with Crippen LogP contribution in [0.15, 0.2) is 107 Å². The van der Waals surface area contributed by atoms with E-state index in [-0.39, 0.29) is 16.6 Å². The van der Waals surface area contributed by atoms with E-state index >= 15 is 0 Å². The van der Waals surface area contributed by atoms with Crippen LogP contribution in [-0.2, 0) is 0 Å². The van der Waals surface area contributed by atoms with Crippen LogP contribution in [0.3, 0.4) is 0 Å². The molecule has 8 nitrogen and oxygen atoms in total. The number of methoxy groups -OCH3 is 2. The van der Waals surface area contributed by atoms with Gasteiger partial charge in [-0.25, -0.2) is 4.39 Å². The zero-order chi connectivity index (χ0) is 30.1. The summed E-state index contributed by atoms with van der Waals surface area (Å²) in [6.45, 7) is 0. The molecule has 0 fully saturated rings. The van der Waals surface area contributed by atoms with E-state index in [2.05, 4.69) is 26.2 Å². The molecule has 0 saturated heterocycles. The summed E-state index contributed by atoms with van der Waals surface area (Å²) in [6, 6.07) is 23.4. The van der Waals surface area contributed by atoms with Crippen LogP contribution in [0.1, 0.15) is 10.4 Å². The van der Waals surface area contributed by atoms with Crippen LogP contribution < -0.4 is 25.0 Å². The maximum absolute atomic E-state index is 15.0. The molecule has 1 amide bonds. The lowest BCUT2D eigenvalue weighted by molar-refractivity contribution is 0.102. The molecule has 43 heavy (non-hydrogen) atoms. The van der Waals surface area contributed by atoms with Gasteiger partial charge in [0, 0.05) is 45.5 Å². The number of benzene rings is 4. The van der Waals surface area contributed by atoms with Crippen LogP contribution in [0.5, 0.6) is 23.0 Å². The second kappa shape index (κ2) is 11.6. The number of pyridine rings is 2. The highest BCUT2D eigenvalue weighted by Gasteiger charge is 2.18. The van der Waals surface area contributed by atoms with E-state index in [1.807, 2.05) is 0 Å². The molecule has 0 aliphatic rings. The van der Waals surface area contributed by atoms with Gasteiger partial charge in [0.25, 0.3) is 5.91 Å². The molecule has 10 heteroatoms. The molecule has 6 aromatic rings. The summed E-state index contributed by atoms with van der Waals surface area (Å²) >= 11 is 3.27. The van der Waals surface area contributed by atoms with E-state index in [9.17, 15) is 14.0 Å². The number of carbonyl (C=O) groups excluding carboxylic acids is 1. The molecule has 0 spiro atoms. The Morgan fingerprint density at radius 2 is 1.67 bits per heavy atom. The van der Waals surface area contributed by atoms with Crippen molar-refractivity contribution in [3.8, 4) is 28.7 Å². The molecule has 0 atom stereocenters. The van der Waals surface area contributed by atoms with Gasteiger partial charge in [0.15, 0.2) is 11.5 Å². The van der Waals surface area contributed by atoms with Crippen LogP contribution in [0, 0.1) is 5.82 Å². The Hall–Kier alpha value is -5.22. The van der Waals surface area contributed by atoms with Gasteiger partial charge in [0.2, 0.25) is 5.43 Å². The first-order chi connectivity index (χ1) is 20.9. The van der Waals surface area contributed by atoms with Crippen LogP contribution in [0.4, 0.5) is 10.1 Å². The first-order valence-corrected chi connectivity index (χ1v) is 13.9. The summed E-state index contributed by atoms with van der Waals surface area (Å²) in [6.07, 6.45) is 2.98. The van der Waals surface area contributed by atoms with E-state index in [4.69, 9.17) is 14.2 Å². The van der Waals surface area contributed by atoms with Gasteiger partial charge in [-0.2, -0.15) is 0 Å². The largest absolute Gasteiger partial charge is 0.493 e. The normalized spacial score (nSPS) is 11.0. The fourth-order valence-electron chi connectivity index (χ4n) is 4.81. The van der Waals surface area contributed by atoms with E-state index < -0.39 is 17.2 Å². The second-order valence-electron chi connectivity index (χ2n) is 9.47. The Morgan fingerprint density at radius 1 is 0.884 bits per heavy atom. The fourth-order valence-corrected chi connectivity index (χ4v) is 5.15. The summed E-state index contributed by atoms with van der Waals surface area (Å²) < 4.78 is 34.0. The van der Waals surface area contributed by atoms with Gasteiger partial charge in [-0.05, 0) is 54.6 Å². The lowest BCUT2D eigenvalue weighted by Gasteiger charge is -2.15. The molecule has 4 aromatic carbocycles. The predicted octanol–water partition coefficient (Wildman–Crippen LogP) is 7.50. The molecule has 0 aliphatic heterocycles. The van der Waals surface area contributed by atoms with Crippen LogP contribution in [0.25, 0.3) is 27.5 Å². The smallest absolute Gasteiger partial charge is 0.261 e. The van der Waals surface area contributed by atoms with E-state index in [1.54, 1.807) is 99.3 Å². The number of anilines is 1. The van der Waals surface area contributed by atoms with Gasteiger partial charge in [0.1, 0.15) is 22.9 Å². The van der Waals surface area contributed by atoms with Crippen LogP contribution >= 0.6 is 15.9 Å². The van der Waals surface area contributed by atoms with Crippen molar-refractivity contribution in [3.05, 3.63) is 123 Å². The first kappa shape index (κ1) is 27.9. The number of amides is 1. The molecular weight excluding hydrogens is 617 g/mol. The lowest BCUT2D eigenvalue weighted by Crippen LogP contribution is -2.23. The zero-order valence-electron chi connectivity index (χ0n) is 22.9. The quantitative estimate of drug-likeness (QED) is 0.194. The van der Waals surface area contributed by atoms with Crippen molar-refractivity contribution >= 4 is 49.3 Å². The van der Waals surface area contributed by atoms with Crippen molar-refractivity contribution in [1.82, 2.24) is 9.55 Å². The van der Waals surface area contributed by atoms with Gasteiger partial charge >= 0.3 is 0 Å². The minimum atomic E-state index is -0.648. The second-order valence-corrected chi connectivity index (χ2v) is 10.4. The summed E-state index contributed by atoms with van der Waals surface area (Å²) in [4.78, 5) is 31.3. The van der Waals surface area contributed by atoms with Gasteiger partial charge < -0.3 is 24.1 Å². The minimum Gasteiger partial charge on any atom is -0.493 e. The van der Waals surface area contributed by atoms with Crippen molar-refractivity contribution in [2.24, 2.45) is 0 Å². The monoisotopic (exact) mass is 639 g/mol.